The first-order chi connectivity index (χ1) is 7.77. The number of hydrogen-bond donors (Lipinski definition) is 1. The van der Waals surface area contributed by atoms with Crippen molar-refractivity contribution < 1.29 is 0 Å². The molecule has 0 aliphatic heterocycles. The maximum atomic E-state index is 4.29. The van der Waals surface area contributed by atoms with Crippen LogP contribution in [0.3, 0.4) is 0 Å². The molecule has 16 heavy (non-hydrogen) atoms. The van der Waals surface area contributed by atoms with Crippen LogP contribution in [0.25, 0.3) is 0 Å². The van der Waals surface area contributed by atoms with E-state index in [1.54, 1.807) is 11.3 Å². The molecular weight excluding hydrogens is 218 g/mol. The highest BCUT2D eigenvalue weighted by Crippen LogP contribution is 2.15. The molecule has 0 spiro atoms. The highest BCUT2D eigenvalue weighted by atomic mass is 32.1. The van der Waals surface area contributed by atoms with E-state index in [2.05, 4.69) is 29.1 Å². The van der Waals surface area contributed by atoms with Crippen molar-refractivity contribution in [1.82, 2.24) is 15.3 Å². The Hall–Kier alpha value is -1.26. The Morgan fingerprint density at radius 1 is 1.44 bits per heavy atom. The molecule has 0 aliphatic carbocycles. The fraction of sp³-hybridized carbons (Fsp3) is 0.333. The van der Waals surface area contributed by atoms with Crippen molar-refractivity contribution in [2.24, 2.45) is 0 Å². The van der Waals surface area contributed by atoms with Crippen LogP contribution in [0.1, 0.15) is 29.1 Å². The molecule has 84 valence electrons. The molecule has 1 atom stereocenters. The zero-order valence-corrected chi connectivity index (χ0v) is 10.3. The summed E-state index contributed by atoms with van der Waals surface area (Å²) in [6.07, 6.45) is 5.58. The Morgan fingerprint density at radius 3 is 3.00 bits per heavy atom. The standard InChI is InChI=1S/C12H15N3S/c1-9-3-4-13-7-11(9)8-15-10(2)12-14-5-6-16-12/h3-7,10,15H,8H2,1-2H3. The molecule has 2 aromatic heterocycles. The van der Waals surface area contributed by atoms with E-state index < -0.39 is 0 Å². The SMILES string of the molecule is Cc1ccncc1CNC(C)c1nccs1. The van der Waals surface area contributed by atoms with Crippen molar-refractivity contribution in [1.29, 1.82) is 0 Å². The van der Waals surface area contributed by atoms with Gasteiger partial charge in [0.05, 0.1) is 6.04 Å². The van der Waals surface area contributed by atoms with Gasteiger partial charge >= 0.3 is 0 Å². The maximum absolute atomic E-state index is 4.29. The van der Waals surface area contributed by atoms with Crippen molar-refractivity contribution in [2.75, 3.05) is 0 Å². The molecule has 3 nitrogen and oxygen atoms in total. The van der Waals surface area contributed by atoms with E-state index in [9.17, 15) is 0 Å². The zero-order chi connectivity index (χ0) is 11.4. The van der Waals surface area contributed by atoms with Crippen molar-refractivity contribution in [3.63, 3.8) is 0 Å². The number of hydrogen-bond acceptors (Lipinski definition) is 4. The Labute approximate surface area is 99.6 Å². The third-order valence-corrected chi connectivity index (χ3v) is 3.53. The number of rotatable bonds is 4. The first kappa shape index (κ1) is 11.2. The summed E-state index contributed by atoms with van der Waals surface area (Å²) in [5.74, 6) is 0. The number of nitrogens with zero attached hydrogens (tertiary/aromatic N) is 2. The smallest absolute Gasteiger partial charge is 0.109 e. The van der Waals surface area contributed by atoms with Gasteiger partial charge < -0.3 is 5.32 Å². The minimum atomic E-state index is 0.291. The van der Waals surface area contributed by atoms with Crippen LogP contribution in [0.4, 0.5) is 0 Å². The van der Waals surface area contributed by atoms with Gasteiger partial charge in [0.2, 0.25) is 0 Å². The van der Waals surface area contributed by atoms with E-state index in [0.29, 0.717) is 6.04 Å². The van der Waals surface area contributed by atoms with Crippen LogP contribution in [-0.2, 0) is 6.54 Å². The van der Waals surface area contributed by atoms with Crippen LogP contribution in [0, 0.1) is 6.92 Å². The normalized spacial score (nSPS) is 12.6. The van der Waals surface area contributed by atoms with Crippen molar-refractivity contribution in [3.8, 4) is 0 Å². The third-order valence-electron chi connectivity index (χ3n) is 2.57. The lowest BCUT2D eigenvalue weighted by Gasteiger charge is -2.12. The van der Waals surface area contributed by atoms with Gasteiger partial charge in [-0.1, -0.05) is 0 Å². The summed E-state index contributed by atoms with van der Waals surface area (Å²) in [5.41, 5.74) is 2.51. The summed E-state index contributed by atoms with van der Waals surface area (Å²) in [4.78, 5) is 8.42. The first-order valence-electron chi connectivity index (χ1n) is 5.29. The van der Waals surface area contributed by atoms with Crippen LogP contribution >= 0.6 is 11.3 Å². The molecule has 0 radical (unpaired) electrons. The van der Waals surface area contributed by atoms with Crippen LogP contribution in [0.5, 0.6) is 0 Å². The molecule has 1 unspecified atom stereocenters. The Bertz CT molecular complexity index is 439. The number of nitrogens with one attached hydrogen (secondary N) is 1. The Morgan fingerprint density at radius 2 is 2.31 bits per heavy atom. The second kappa shape index (κ2) is 5.18. The largest absolute Gasteiger partial charge is 0.304 e. The molecule has 0 amide bonds. The molecule has 2 rings (SSSR count). The van der Waals surface area contributed by atoms with Crippen LogP contribution in [0.2, 0.25) is 0 Å². The summed E-state index contributed by atoms with van der Waals surface area (Å²) in [6.45, 7) is 5.07. The predicted octanol–water partition coefficient (Wildman–Crippen LogP) is 2.70. The molecule has 0 saturated carbocycles. The van der Waals surface area contributed by atoms with E-state index in [-0.39, 0.29) is 0 Å². The number of aromatic nitrogens is 2. The first-order valence-corrected chi connectivity index (χ1v) is 6.17. The number of aryl methyl sites for hydroxylation is 1. The van der Waals surface area contributed by atoms with E-state index in [1.807, 2.05) is 30.0 Å². The Balaban J connectivity index is 1.95. The van der Waals surface area contributed by atoms with Gasteiger partial charge in [0.1, 0.15) is 5.01 Å². The maximum Gasteiger partial charge on any atom is 0.109 e. The summed E-state index contributed by atoms with van der Waals surface area (Å²) >= 11 is 1.68. The molecule has 2 aromatic rings. The number of thiazole rings is 1. The van der Waals surface area contributed by atoms with E-state index in [4.69, 9.17) is 0 Å². The fourth-order valence-electron chi connectivity index (χ4n) is 1.48. The van der Waals surface area contributed by atoms with Crippen molar-refractivity contribution in [2.45, 2.75) is 26.4 Å². The third kappa shape index (κ3) is 2.65. The lowest BCUT2D eigenvalue weighted by atomic mass is 10.1. The molecule has 0 aliphatic rings. The molecule has 0 bridgehead atoms. The second-order valence-corrected chi connectivity index (χ2v) is 4.70. The van der Waals surface area contributed by atoms with Gasteiger partial charge in [-0.05, 0) is 31.0 Å². The van der Waals surface area contributed by atoms with Crippen LogP contribution in [-0.4, -0.2) is 9.97 Å². The van der Waals surface area contributed by atoms with Gasteiger partial charge in [-0.15, -0.1) is 11.3 Å². The Kier molecular flexibility index (Phi) is 3.64. The lowest BCUT2D eigenvalue weighted by Crippen LogP contribution is -2.18. The van der Waals surface area contributed by atoms with Gasteiger partial charge in [-0.2, -0.15) is 0 Å². The van der Waals surface area contributed by atoms with E-state index in [0.717, 1.165) is 11.6 Å². The summed E-state index contributed by atoms with van der Waals surface area (Å²) in [6, 6.07) is 2.32. The quantitative estimate of drug-likeness (QED) is 0.882. The highest BCUT2D eigenvalue weighted by molar-refractivity contribution is 7.09. The van der Waals surface area contributed by atoms with Gasteiger partial charge in [-0.3, -0.25) is 4.98 Å². The van der Waals surface area contributed by atoms with Gasteiger partial charge in [0.15, 0.2) is 0 Å². The van der Waals surface area contributed by atoms with Gasteiger partial charge in [0, 0.05) is 30.5 Å². The topological polar surface area (TPSA) is 37.8 Å². The van der Waals surface area contributed by atoms with Gasteiger partial charge in [0.25, 0.3) is 0 Å². The fourth-order valence-corrected chi connectivity index (χ4v) is 2.15. The molecule has 0 fully saturated rings. The minimum Gasteiger partial charge on any atom is -0.304 e. The molecule has 0 aromatic carbocycles. The van der Waals surface area contributed by atoms with Crippen LogP contribution < -0.4 is 5.32 Å². The van der Waals surface area contributed by atoms with Gasteiger partial charge in [-0.25, -0.2) is 4.98 Å². The predicted molar refractivity (Wildman–Crippen MR) is 66.3 cm³/mol. The molecule has 1 N–H and O–H groups in total. The molecule has 0 saturated heterocycles. The van der Waals surface area contributed by atoms with Crippen molar-refractivity contribution in [3.05, 3.63) is 46.2 Å². The lowest BCUT2D eigenvalue weighted by molar-refractivity contribution is 0.569. The van der Waals surface area contributed by atoms with E-state index >= 15 is 0 Å². The summed E-state index contributed by atoms with van der Waals surface area (Å²) < 4.78 is 0. The monoisotopic (exact) mass is 233 g/mol. The number of pyridine rings is 1. The minimum absolute atomic E-state index is 0.291. The average molecular weight is 233 g/mol. The zero-order valence-electron chi connectivity index (χ0n) is 9.47. The van der Waals surface area contributed by atoms with E-state index in [1.165, 1.54) is 11.1 Å². The molecule has 2 heterocycles. The van der Waals surface area contributed by atoms with Crippen LogP contribution in [0.15, 0.2) is 30.0 Å². The van der Waals surface area contributed by atoms with Crippen molar-refractivity contribution >= 4 is 11.3 Å². The second-order valence-electron chi connectivity index (χ2n) is 3.78. The summed E-state index contributed by atoms with van der Waals surface area (Å²) in [7, 11) is 0. The summed E-state index contributed by atoms with van der Waals surface area (Å²) in [5, 5.41) is 6.58. The highest BCUT2D eigenvalue weighted by Gasteiger charge is 2.07. The molecular formula is C12H15N3S. The molecule has 4 heteroatoms. The average Bonchev–Trinajstić information content (AvgIpc) is 2.81.